The van der Waals surface area contributed by atoms with Gasteiger partial charge in [0.25, 0.3) is 5.91 Å². The summed E-state index contributed by atoms with van der Waals surface area (Å²) < 4.78 is 5.49. The second-order valence-electron chi connectivity index (χ2n) is 5.94. The Balaban J connectivity index is 1.43. The molecular formula is C19H23N3O2. The maximum Gasteiger partial charge on any atom is 0.269 e. The van der Waals surface area contributed by atoms with E-state index in [1.165, 1.54) is 5.56 Å². The van der Waals surface area contributed by atoms with Crippen LogP contribution in [0.25, 0.3) is 0 Å². The standard InChI is InChI=1S/C19H23N3O2/c23-19(22-14-17-7-4-12-24-17)18-9-8-16(13-21-18)20-11-10-15-5-2-1-3-6-15/h1-3,5-6,8-9,13,17,20H,4,7,10-12,14H2,(H,22,23). The summed E-state index contributed by atoms with van der Waals surface area (Å²) in [6, 6.07) is 14.0. The Bertz CT molecular complexity index is 637. The number of ether oxygens (including phenoxy) is 1. The van der Waals surface area contributed by atoms with Crippen LogP contribution in [0.4, 0.5) is 5.69 Å². The summed E-state index contributed by atoms with van der Waals surface area (Å²) >= 11 is 0. The molecule has 126 valence electrons. The van der Waals surface area contributed by atoms with Gasteiger partial charge >= 0.3 is 0 Å². The van der Waals surface area contributed by atoms with Gasteiger partial charge < -0.3 is 15.4 Å². The predicted molar refractivity (Wildman–Crippen MR) is 94.2 cm³/mol. The van der Waals surface area contributed by atoms with Gasteiger partial charge in [0.05, 0.1) is 18.0 Å². The molecule has 1 atom stereocenters. The summed E-state index contributed by atoms with van der Waals surface area (Å²) in [6.45, 7) is 2.18. The van der Waals surface area contributed by atoms with Crippen molar-refractivity contribution < 1.29 is 9.53 Å². The molecular weight excluding hydrogens is 302 g/mol. The van der Waals surface area contributed by atoms with Crippen LogP contribution in [0.15, 0.2) is 48.7 Å². The molecule has 1 aromatic carbocycles. The monoisotopic (exact) mass is 325 g/mol. The molecule has 1 saturated heterocycles. The molecule has 2 heterocycles. The van der Waals surface area contributed by atoms with E-state index in [2.05, 4.69) is 27.8 Å². The molecule has 3 rings (SSSR count). The minimum Gasteiger partial charge on any atom is -0.383 e. The lowest BCUT2D eigenvalue weighted by Gasteiger charge is -2.11. The fraction of sp³-hybridized carbons (Fsp3) is 0.368. The summed E-state index contributed by atoms with van der Waals surface area (Å²) in [7, 11) is 0. The van der Waals surface area contributed by atoms with Gasteiger partial charge in [-0.2, -0.15) is 0 Å². The van der Waals surface area contributed by atoms with Gasteiger partial charge in [0.15, 0.2) is 0 Å². The number of anilines is 1. The van der Waals surface area contributed by atoms with Crippen molar-refractivity contribution in [3.05, 3.63) is 59.9 Å². The number of carbonyl (C=O) groups excluding carboxylic acids is 1. The fourth-order valence-electron chi connectivity index (χ4n) is 2.73. The Morgan fingerprint density at radius 1 is 1.21 bits per heavy atom. The zero-order valence-electron chi connectivity index (χ0n) is 13.7. The molecule has 0 bridgehead atoms. The molecule has 0 aliphatic carbocycles. The number of benzene rings is 1. The highest BCUT2D eigenvalue weighted by molar-refractivity contribution is 5.92. The van der Waals surface area contributed by atoms with E-state index in [1.54, 1.807) is 12.3 Å². The van der Waals surface area contributed by atoms with E-state index in [0.29, 0.717) is 12.2 Å². The number of carbonyl (C=O) groups is 1. The van der Waals surface area contributed by atoms with Crippen LogP contribution in [0.5, 0.6) is 0 Å². The van der Waals surface area contributed by atoms with Crippen molar-refractivity contribution in [1.82, 2.24) is 10.3 Å². The van der Waals surface area contributed by atoms with Crippen LogP contribution in [0.2, 0.25) is 0 Å². The van der Waals surface area contributed by atoms with E-state index in [4.69, 9.17) is 4.74 Å². The zero-order valence-corrected chi connectivity index (χ0v) is 13.7. The first kappa shape index (κ1) is 16.5. The van der Waals surface area contributed by atoms with E-state index >= 15 is 0 Å². The van der Waals surface area contributed by atoms with E-state index < -0.39 is 0 Å². The number of rotatable bonds is 7. The van der Waals surface area contributed by atoms with Crippen LogP contribution in [0, 0.1) is 0 Å². The van der Waals surface area contributed by atoms with Crippen LogP contribution < -0.4 is 10.6 Å². The molecule has 0 spiro atoms. The topological polar surface area (TPSA) is 63.2 Å². The largest absolute Gasteiger partial charge is 0.383 e. The number of hydrogen-bond acceptors (Lipinski definition) is 4. The van der Waals surface area contributed by atoms with Crippen molar-refractivity contribution in [3.8, 4) is 0 Å². The number of nitrogens with zero attached hydrogens (tertiary/aromatic N) is 1. The van der Waals surface area contributed by atoms with Gasteiger partial charge in [0.1, 0.15) is 5.69 Å². The van der Waals surface area contributed by atoms with Gasteiger partial charge in [-0.05, 0) is 37.0 Å². The molecule has 1 aliphatic heterocycles. The number of nitrogens with one attached hydrogen (secondary N) is 2. The highest BCUT2D eigenvalue weighted by Gasteiger charge is 2.16. The summed E-state index contributed by atoms with van der Waals surface area (Å²) in [6.07, 6.45) is 4.88. The second kappa shape index (κ2) is 8.45. The lowest BCUT2D eigenvalue weighted by atomic mass is 10.1. The van der Waals surface area contributed by atoms with Crippen molar-refractivity contribution >= 4 is 11.6 Å². The molecule has 2 aromatic rings. The lowest BCUT2D eigenvalue weighted by Crippen LogP contribution is -2.32. The molecule has 2 N–H and O–H groups in total. The van der Waals surface area contributed by atoms with E-state index in [9.17, 15) is 4.79 Å². The molecule has 24 heavy (non-hydrogen) atoms. The molecule has 0 radical (unpaired) electrons. The van der Waals surface area contributed by atoms with E-state index in [0.717, 1.165) is 38.1 Å². The van der Waals surface area contributed by atoms with Crippen molar-refractivity contribution in [2.75, 3.05) is 25.0 Å². The van der Waals surface area contributed by atoms with Crippen LogP contribution in [0.3, 0.4) is 0 Å². The minimum atomic E-state index is -0.152. The van der Waals surface area contributed by atoms with Crippen LogP contribution >= 0.6 is 0 Å². The number of hydrogen-bond donors (Lipinski definition) is 2. The smallest absolute Gasteiger partial charge is 0.269 e. The fourth-order valence-corrected chi connectivity index (χ4v) is 2.73. The molecule has 1 unspecified atom stereocenters. The molecule has 1 amide bonds. The lowest BCUT2D eigenvalue weighted by molar-refractivity contribution is 0.0854. The van der Waals surface area contributed by atoms with Crippen LogP contribution in [-0.2, 0) is 11.2 Å². The molecule has 0 saturated carbocycles. The van der Waals surface area contributed by atoms with Gasteiger partial charge in [-0.15, -0.1) is 0 Å². The van der Waals surface area contributed by atoms with Crippen molar-refractivity contribution in [2.45, 2.75) is 25.4 Å². The van der Waals surface area contributed by atoms with E-state index in [-0.39, 0.29) is 12.0 Å². The first-order valence-electron chi connectivity index (χ1n) is 8.45. The molecule has 5 nitrogen and oxygen atoms in total. The van der Waals surface area contributed by atoms with Crippen molar-refractivity contribution in [3.63, 3.8) is 0 Å². The summed E-state index contributed by atoms with van der Waals surface area (Å²) in [5, 5.41) is 6.20. The maximum absolute atomic E-state index is 12.1. The SMILES string of the molecule is O=C(NCC1CCCO1)c1ccc(NCCc2ccccc2)cn1. The molecule has 1 fully saturated rings. The average molecular weight is 325 g/mol. The first-order valence-corrected chi connectivity index (χ1v) is 8.45. The third-order valence-corrected chi connectivity index (χ3v) is 4.10. The Labute approximate surface area is 142 Å². The first-order chi connectivity index (χ1) is 11.8. The second-order valence-corrected chi connectivity index (χ2v) is 5.94. The summed E-state index contributed by atoms with van der Waals surface area (Å²) in [5.74, 6) is -0.152. The Morgan fingerprint density at radius 2 is 2.08 bits per heavy atom. The molecule has 1 aliphatic rings. The van der Waals surface area contributed by atoms with Gasteiger partial charge in [0.2, 0.25) is 0 Å². The normalized spacial score (nSPS) is 16.8. The van der Waals surface area contributed by atoms with Crippen LogP contribution in [0.1, 0.15) is 28.9 Å². The maximum atomic E-state index is 12.1. The number of aromatic nitrogens is 1. The van der Waals surface area contributed by atoms with Crippen molar-refractivity contribution in [1.29, 1.82) is 0 Å². The molecule has 1 aromatic heterocycles. The number of pyridine rings is 1. The highest BCUT2D eigenvalue weighted by Crippen LogP contribution is 2.11. The average Bonchev–Trinajstić information content (AvgIpc) is 3.15. The van der Waals surface area contributed by atoms with Gasteiger partial charge in [-0.1, -0.05) is 30.3 Å². The Hall–Kier alpha value is -2.40. The Kier molecular flexibility index (Phi) is 5.80. The zero-order chi connectivity index (χ0) is 16.6. The van der Waals surface area contributed by atoms with Crippen molar-refractivity contribution in [2.24, 2.45) is 0 Å². The van der Waals surface area contributed by atoms with Crippen LogP contribution in [-0.4, -0.2) is 36.7 Å². The van der Waals surface area contributed by atoms with Gasteiger partial charge in [-0.25, -0.2) is 4.98 Å². The Morgan fingerprint density at radius 3 is 2.79 bits per heavy atom. The quantitative estimate of drug-likeness (QED) is 0.821. The number of amides is 1. The third-order valence-electron chi connectivity index (χ3n) is 4.10. The van der Waals surface area contributed by atoms with Gasteiger partial charge in [-0.3, -0.25) is 4.79 Å². The summed E-state index contributed by atoms with van der Waals surface area (Å²) in [5.41, 5.74) is 2.64. The molecule has 5 heteroatoms. The third kappa shape index (κ3) is 4.80. The predicted octanol–water partition coefficient (Wildman–Crippen LogP) is 2.65. The minimum absolute atomic E-state index is 0.146. The van der Waals surface area contributed by atoms with Gasteiger partial charge in [0, 0.05) is 19.7 Å². The summed E-state index contributed by atoms with van der Waals surface area (Å²) in [4.78, 5) is 16.3. The highest BCUT2D eigenvalue weighted by atomic mass is 16.5. The van der Waals surface area contributed by atoms with E-state index in [1.807, 2.05) is 24.3 Å².